The molecule has 0 unspecified atom stereocenters. The highest BCUT2D eigenvalue weighted by atomic mass is 16.5. The van der Waals surface area contributed by atoms with E-state index in [-0.39, 0.29) is 17.4 Å². The number of esters is 1. The second-order valence-electron chi connectivity index (χ2n) is 11.5. The van der Waals surface area contributed by atoms with E-state index in [0.717, 1.165) is 31.2 Å². The van der Waals surface area contributed by atoms with E-state index in [1.165, 1.54) is 57.8 Å². The molecule has 2 bridgehead atoms. The summed E-state index contributed by atoms with van der Waals surface area (Å²) >= 11 is 0. The van der Waals surface area contributed by atoms with Gasteiger partial charge in [0.25, 0.3) is 5.56 Å². The molecule has 0 spiro atoms. The van der Waals surface area contributed by atoms with Crippen LogP contribution >= 0.6 is 0 Å². The number of carbonyl (C=O) groups excluding carboxylic acids is 1. The van der Waals surface area contributed by atoms with Crippen LogP contribution in [-0.2, 0) is 9.53 Å². The number of fused-ring (bicyclic) bond motifs is 3. The van der Waals surface area contributed by atoms with Crippen molar-refractivity contribution < 1.29 is 14.6 Å². The first-order valence-electron chi connectivity index (χ1n) is 14.9. The molecule has 8 nitrogen and oxygen atoms in total. The lowest BCUT2D eigenvalue weighted by atomic mass is 9.89. The van der Waals surface area contributed by atoms with E-state index in [9.17, 15) is 14.7 Å². The highest BCUT2D eigenvalue weighted by Gasteiger charge is 2.44. The molecule has 2 N–H and O–H groups in total. The minimum Gasteiger partial charge on any atom is -0.464 e. The van der Waals surface area contributed by atoms with Crippen molar-refractivity contribution in [1.29, 1.82) is 0 Å². The second-order valence-corrected chi connectivity index (χ2v) is 11.5. The zero-order valence-corrected chi connectivity index (χ0v) is 22.8. The number of rotatable bonds is 9. The molecule has 0 radical (unpaired) electrons. The van der Waals surface area contributed by atoms with Crippen LogP contribution in [0.15, 0.2) is 29.1 Å². The van der Waals surface area contributed by atoms with Crippen molar-refractivity contribution in [1.82, 2.24) is 14.5 Å². The number of benzene rings is 1. The van der Waals surface area contributed by atoms with Gasteiger partial charge >= 0.3 is 5.97 Å². The van der Waals surface area contributed by atoms with Crippen LogP contribution < -0.4 is 10.9 Å². The van der Waals surface area contributed by atoms with Gasteiger partial charge < -0.3 is 19.7 Å². The average Bonchev–Trinajstić information content (AvgIpc) is 3.16. The highest BCUT2D eigenvalue weighted by Crippen LogP contribution is 2.44. The quantitative estimate of drug-likeness (QED) is 0.359. The molecule has 2 saturated heterocycles. The van der Waals surface area contributed by atoms with E-state index >= 15 is 0 Å². The normalized spacial score (nSPS) is 25.6. The number of aliphatic hydroxyl groups excluding tert-OH is 1. The van der Waals surface area contributed by atoms with E-state index < -0.39 is 18.6 Å². The molecule has 208 valence electrons. The molecule has 1 aliphatic carbocycles. The zero-order valence-electron chi connectivity index (χ0n) is 22.8. The number of aromatic nitrogens is 2. The molecule has 2 aromatic rings. The monoisotopic (exact) mass is 524 g/mol. The van der Waals surface area contributed by atoms with Gasteiger partial charge in [0.2, 0.25) is 0 Å². The first-order valence-corrected chi connectivity index (χ1v) is 14.9. The van der Waals surface area contributed by atoms with Gasteiger partial charge in [-0.2, -0.15) is 0 Å². The molecule has 38 heavy (non-hydrogen) atoms. The van der Waals surface area contributed by atoms with Crippen molar-refractivity contribution in [2.24, 2.45) is 0 Å². The minimum atomic E-state index is -1.03. The topological polar surface area (TPSA) is 96.7 Å². The van der Waals surface area contributed by atoms with Gasteiger partial charge in [-0.15, -0.1) is 0 Å². The average molecular weight is 525 g/mol. The third-order valence-corrected chi connectivity index (χ3v) is 8.94. The molecule has 4 atom stereocenters. The summed E-state index contributed by atoms with van der Waals surface area (Å²) in [6.07, 6.45) is 15.4. The van der Waals surface area contributed by atoms with Crippen LogP contribution in [0.25, 0.3) is 11.0 Å². The summed E-state index contributed by atoms with van der Waals surface area (Å²) in [6.45, 7) is 1.85. The Kier molecular flexibility index (Phi) is 9.00. The molecule has 1 aromatic heterocycles. The van der Waals surface area contributed by atoms with Gasteiger partial charge in [-0.25, -0.2) is 9.78 Å². The summed E-state index contributed by atoms with van der Waals surface area (Å²) in [5, 5.41) is 12.8. The third kappa shape index (κ3) is 5.76. The SMILES string of the molecule is CCCCOC(=O)[C@@H](CO)Nc1nc2ccccc2n([C@H]2C[C@H]3CC[C@@H](C2)N3C2CCCCCCC2)c1=O. The second kappa shape index (κ2) is 12.6. The van der Waals surface area contributed by atoms with Crippen molar-refractivity contribution in [2.75, 3.05) is 18.5 Å². The van der Waals surface area contributed by atoms with Crippen LogP contribution in [0.4, 0.5) is 5.82 Å². The maximum absolute atomic E-state index is 13.9. The van der Waals surface area contributed by atoms with E-state index in [2.05, 4.69) is 15.2 Å². The van der Waals surface area contributed by atoms with Gasteiger partial charge in [0.1, 0.15) is 6.04 Å². The fraction of sp³-hybridized carbons (Fsp3) is 0.700. The first-order chi connectivity index (χ1) is 18.6. The third-order valence-electron chi connectivity index (χ3n) is 8.94. The summed E-state index contributed by atoms with van der Waals surface area (Å²) in [5.74, 6) is -0.461. The van der Waals surface area contributed by atoms with Crippen molar-refractivity contribution in [3.63, 3.8) is 0 Å². The van der Waals surface area contributed by atoms with E-state index in [0.29, 0.717) is 30.2 Å². The number of hydrogen-bond donors (Lipinski definition) is 2. The lowest BCUT2D eigenvalue weighted by molar-refractivity contribution is -0.145. The Balaban J connectivity index is 1.40. The fourth-order valence-corrected chi connectivity index (χ4v) is 7.10. The van der Waals surface area contributed by atoms with E-state index in [1.54, 1.807) is 0 Å². The maximum Gasteiger partial charge on any atom is 0.331 e. The summed E-state index contributed by atoms with van der Waals surface area (Å²) in [4.78, 5) is 33.9. The fourth-order valence-electron chi connectivity index (χ4n) is 7.10. The molecule has 3 aliphatic rings. The van der Waals surface area contributed by atoms with Gasteiger partial charge in [-0.3, -0.25) is 9.69 Å². The maximum atomic E-state index is 13.9. The Morgan fingerprint density at radius 2 is 1.71 bits per heavy atom. The molecular weight excluding hydrogens is 480 g/mol. The lowest BCUT2D eigenvalue weighted by Crippen LogP contribution is -2.50. The number of hydrogen-bond acceptors (Lipinski definition) is 7. The molecule has 8 heteroatoms. The molecule has 5 rings (SSSR count). The van der Waals surface area contributed by atoms with E-state index in [4.69, 9.17) is 4.74 Å². The summed E-state index contributed by atoms with van der Waals surface area (Å²) < 4.78 is 7.22. The van der Waals surface area contributed by atoms with Gasteiger partial charge in [-0.1, -0.05) is 57.6 Å². The standard InChI is InChI=1S/C30H44N4O4/c1-2-3-17-38-30(37)26(20-35)32-28-29(36)34(27-14-10-9-13-25(27)31-28)24-18-22-15-16-23(19-24)33(22)21-11-7-5-4-6-8-12-21/h9-10,13-14,21-24,26,35H,2-8,11-12,15-20H2,1H3,(H,31,32)/t22-,23+,24+,26-/m1/s1. The number of nitrogens with zero attached hydrogens (tertiary/aromatic N) is 3. The van der Waals surface area contributed by atoms with Crippen LogP contribution in [-0.4, -0.2) is 62.9 Å². The summed E-state index contributed by atoms with van der Waals surface area (Å²) in [6, 6.07) is 8.50. The molecule has 0 amide bonds. The van der Waals surface area contributed by atoms with Crippen molar-refractivity contribution >= 4 is 22.8 Å². The van der Waals surface area contributed by atoms with Crippen molar-refractivity contribution in [3.8, 4) is 0 Å². The van der Waals surface area contributed by atoms with Gasteiger partial charge in [0.05, 0.1) is 24.2 Å². The van der Waals surface area contributed by atoms with Crippen molar-refractivity contribution in [2.45, 2.75) is 121 Å². The van der Waals surface area contributed by atoms with Crippen molar-refractivity contribution in [3.05, 3.63) is 34.6 Å². The smallest absolute Gasteiger partial charge is 0.331 e. The number of nitrogens with one attached hydrogen (secondary N) is 1. The Morgan fingerprint density at radius 3 is 2.39 bits per heavy atom. The van der Waals surface area contributed by atoms with Crippen LogP contribution in [0.1, 0.15) is 96.4 Å². The van der Waals surface area contributed by atoms with Gasteiger partial charge in [0, 0.05) is 24.2 Å². The Bertz CT molecular complexity index is 1130. The zero-order chi connectivity index (χ0) is 26.5. The van der Waals surface area contributed by atoms with Crippen LogP contribution in [0.3, 0.4) is 0 Å². The number of para-hydroxylation sites is 2. The van der Waals surface area contributed by atoms with Crippen LogP contribution in [0.5, 0.6) is 0 Å². The molecule has 2 aliphatic heterocycles. The number of aliphatic hydroxyl groups is 1. The Hall–Kier alpha value is -2.45. The first kappa shape index (κ1) is 27.1. The summed E-state index contributed by atoms with van der Waals surface area (Å²) in [7, 11) is 0. The van der Waals surface area contributed by atoms with Gasteiger partial charge in [-0.05, 0) is 57.1 Å². The Labute approximate surface area is 225 Å². The predicted octanol–water partition coefficient (Wildman–Crippen LogP) is 4.79. The van der Waals surface area contributed by atoms with E-state index in [1.807, 2.05) is 35.8 Å². The Morgan fingerprint density at radius 1 is 1.03 bits per heavy atom. The number of piperidine rings is 1. The molecule has 3 heterocycles. The molecule has 3 fully saturated rings. The minimum absolute atomic E-state index is 0.0855. The largest absolute Gasteiger partial charge is 0.464 e. The summed E-state index contributed by atoms with van der Waals surface area (Å²) in [5.41, 5.74) is 1.31. The lowest BCUT2D eigenvalue weighted by Gasteiger charge is -2.45. The molecule has 1 saturated carbocycles. The number of unbranched alkanes of at least 4 members (excludes halogenated alkanes) is 1. The highest BCUT2D eigenvalue weighted by molar-refractivity contribution is 5.80. The number of ether oxygens (including phenoxy) is 1. The van der Waals surface area contributed by atoms with Crippen LogP contribution in [0.2, 0.25) is 0 Å². The van der Waals surface area contributed by atoms with Gasteiger partial charge in [0.15, 0.2) is 5.82 Å². The number of carbonyl (C=O) groups is 1. The molecule has 1 aromatic carbocycles. The predicted molar refractivity (Wildman–Crippen MR) is 149 cm³/mol. The number of anilines is 1. The molecular formula is C30H44N4O4. The van der Waals surface area contributed by atoms with Crippen LogP contribution in [0, 0.1) is 0 Å².